The Morgan fingerprint density at radius 2 is 2.08 bits per heavy atom. The first kappa shape index (κ1) is 16.1. The van der Waals surface area contributed by atoms with Crippen LogP contribution in [-0.2, 0) is 16.0 Å². The summed E-state index contributed by atoms with van der Waals surface area (Å²) >= 11 is 1.54. The third kappa shape index (κ3) is 4.17. The van der Waals surface area contributed by atoms with Gasteiger partial charge < -0.3 is 10.1 Å². The molecule has 1 N–H and O–H groups in total. The molecule has 3 aromatic rings. The van der Waals surface area contributed by atoms with Crippen LogP contribution in [-0.4, -0.2) is 22.5 Å². The van der Waals surface area contributed by atoms with Crippen molar-refractivity contribution in [2.24, 2.45) is 0 Å². The number of benzene rings is 1. The fourth-order valence-corrected chi connectivity index (χ4v) is 2.93. The fourth-order valence-electron chi connectivity index (χ4n) is 2.19. The molecular weight excluding hydrogens is 322 g/mol. The van der Waals surface area contributed by atoms with Crippen LogP contribution < -0.4 is 5.32 Å². The number of rotatable bonds is 6. The van der Waals surface area contributed by atoms with Crippen LogP contribution in [0.5, 0.6) is 0 Å². The maximum atomic E-state index is 11.5. The van der Waals surface area contributed by atoms with Crippen molar-refractivity contribution in [3.05, 3.63) is 59.7 Å². The molecule has 3 rings (SSSR count). The Kier molecular flexibility index (Phi) is 5.18. The van der Waals surface area contributed by atoms with E-state index in [2.05, 4.69) is 15.3 Å². The molecule has 6 heteroatoms. The number of nitrogens with zero attached hydrogens (tertiary/aromatic N) is 2. The summed E-state index contributed by atoms with van der Waals surface area (Å²) in [4.78, 5) is 20.1. The van der Waals surface area contributed by atoms with E-state index in [-0.39, 0.29) is 12.4 Å². The van der Waals surface area contributed by atoms with Crippen molar-refractivity contribution >= 4 is 28.1 Å². The van der Waals surface area contributed by atoms with E-state index in [1.807, 2.05) is 41.8 Å². The SMILES string of the molecule is CCOC(=O)Cc1ccc(Nc2nc(-c3cccnc3)cs2)cc1. The van der Waals surface area contributed by atoms with Crippen molar-refractivity contribution in [2.75, 3.05) is 11.9 Å². The Morgan fingerprint density at radius 1 is 1.25 bits per heavy atom. The number of carbonyl (C=O) groups is 1. The quantitative estimate of drug-likeness (QED) is 0.686. The van der Waals surface area contributed by atoms with Crippen molar-refractivity contribution in [1.82, 2.24) is 9.97 Å². The second-order valence-corrected chi connectivity index (χ2v) is 5.94. The highest BCUT2D eigenvalue weighted by Crippen LogP contribution is 2.26. The predicted molar refractivity (Wildman–Crippen MR) is 95.4 cm³/mol. The van der Waals surface area contributed by atoms with E-state index in [0.29, 0.717) is 6.61 Å². The molecular formula is C18H17N3O2S. The van der Waals surface area contributed by atoms with Crippen LogP contribution >= 0.6 is 11.3 Å². The number of pyridine rings is 1. The third-order valence-electron chi connectivity index (χ3n) is 3.32. The molecule has 2 aromatic heterocycles. The molecule has 0 aliphatic heterocycles. The molecule has 24 heavy (non-hydrogen) atoms. The summed E-state index contributed by atoms with van der Waals surface area (Å²) in [5, 5.41) is 6.08. The minimum atomic E-state index is -0.209. The van der Waals surface area contributed by atoms with Gasteiger partial charge in [0.05, 0.1) is 18.7 Å². The Morgan fingerprint density at radius 3 is 2.79 bits per heavy atom. The molecule has 0 unspecified atom stereocenters. The second kappa shape index (κ2) is 7.70. The molecule has 0 saturated heterocycles. The lowest BCUT2D eigenvalue weighted by Gasteiger charge is -2.05. The summed E-state index contributed by atoms with van der Waals surface area (Å²) in [5.41, 5.74) is 3.74. The fraction of sp³-hybridized carbons (Fsp3) is 0.167. The number of anilines is 2. The molecule has 0 aliphatic carbocycles. The monoisotopic (exact) mass is 339 g/mol. The van der Waals surface area contributed by atoms with E-state index in [9.17, 15) is 4.79 Å². The van der Waals surface area contributed by atoms with E-state index in [0.717, 1.165) is 27.6 Å². The zero-order chi connectivity index (χ0) is 16.8. The average Bonchev–Trinajstić information content (AvgIpc) is 3.06. The summed E-state index contributed by atoms with van der Waals surface area (Å²) in [6.45, 7) is 2.21. The van der Waals surface area contributed by atoms with Gasteiger partial charge in [-0.15, -0.1) is 11.3 Å². The van der Waals surface area contributed by atoms with Gasteiger partial charge in [0.25, 0.3) is 0 Å². The lowest BCUT2D eigenvalue weighted by atomic mass is 10.1. The van der Waals surface area contributed by atoms with Gasteiger partial charge >= 0.3 is 5.97 Å². The molecule has 122 valence electrons. The standard InChI is InChI=1S/C18H17N3O2S/c1-2-23-17(22)10-13-5-7-15(8-6-13)20-18-21-16(12-24-18)14-4-3-9-19-11-14/h3-9,11-12H,2,10H2,1H3,(H,20,21). The number of nitrogens with one attached hydrogen (secondary N) is 1. The summed E-state index contributed by atoms with van der Waals surface area (Å²) in [6, 6.07) is 11.6. The first-order chi connectivity index (χ1) is 11.7. The number of thiazole rings is 1. The van der Waals surface area contributed by atoms with Crippen molar-refractivity contribution in [3.8, 4) is 11.3 Å². The van der Waals surface area contributed by atoms with Gasteiger partial charge in [-0.05, 0) is 36.8 Å². The maximum absolute atomic E-state index is 11.5. The highest BCUT2D eigenvalue weighted by molar-refractivity contribution is 7.14. The number of hydrogen-bond acceptors (Lipinski definition) is 6. The van der Waals surface area contributed by atoms with Crippen LogP contribution in [0.3, 0.4) is 0 Å². The molecule has 5 nitrogen and oxygen atoms in total. The molecule has 0 aliphatic rings. The van der Waals surface area contributed by atoms with Gasteiger partial charge in [-0.25, -0.2) is 4.98 Å². The van der Waals surface area contributed by atoms with Crippen LogP contribution in [0, 0.1) is 0 Å². The largest absolute Gasteiger partial charge is 0.466 e. The van der Waals surface area contributed by atoms with Gasteiger partial charge in [0, 0.05) is 29.0 Å². The number of esters is 1. The summed E-state index contributed by atoms with van der Waals surface area (Å²) in [5.74, 6) is -0.209. The Balaban J connectivity index is 1.64. The van der Waals surface area contributed by atoms with Crippen LogP contribution in [0.2, 0.25) is 0 Å². The highest BCUT2D eigenvalue weighted by atomic mass is 32.1. The zero-order valence-electron chi connectivity index (χ0n) is 13.2. The van der Waals surface area contributed by atoms with Crippen molar-refractivity contribution in [3.63, 3.8) is 0 Å². The highest BCUT2D eigenvalue weighted by Gasteiger charge is 2.06. The lowest BCUT2D eigenvalue weighted by molar-refractivity contribution is -0.142. The lowest BCUT2D eigenvalue weighted by Crippen LogP contribution is -2.07. The van der Waals surface area contributed by atoms with Crippen LogP contribution in [0.1, 0.15) is 12.5 Å². The molecule has 0 radical (unpaired) electrons. The third-order valence-corrected chi connectivity index (χ3v) is 4.08. The van der Waals surface area contributed by atoms with Gasteiger partial charge in [0.2, 0.25) is 0 Å². The molecule has 1 aromatic carbocycles. The van der Waals surface area contributed by atoms with E-state index in [1.54, 1.807) is 19.3 Å². The van der Waals surface area contributed by atoms with Crippen molar-refractivity contribution in [1.29, 1.82) is 0 Å². The summed E-state index contributed by atoms with van der Waals surface area (Å²) in [6.07, 6.45) is 3.83. The minimum absolute atomic E-state index is 0.209. The maximum Gasteiger partial charge on any atom is 0.310 e. The van der Waals surface area contributed by atoms with E-state index < -0.39 is 0 Å². The van der Waals surface area contributed by atoms with Crippen molar-refractivity contribution < 1.29 is 9.53 Å². The molecule has 0 atom stereocenters. The number of aromatic nitrogens is 2. The molecule has 0 bridgehead atoms. The molecule has 0 spiro atoms. The van der Waals surface area contributed by atoms with Crippen LogP contribution in [0.25, 0.3) is 11.3 Å². The van der Waals surface area contributed by atoms with Gasteiger partial charge in [-0.2, -0.15) is 0 Å². The summed E-state index contributed by atoms with van der Waals surface area (Å²) in [7, 11) is 0. The number of hydrogen-bond donors (Lipinski definition) is 1. The van der Waals surface area contributed by atoms with Crippen LogP contribution in [0.15, 0.2) is 54.2 Å². The minimum Gasteiger partial charge on any atom is -0.466 e. The van der Waals surface area contributed by atoms with E-state index in [1.165, 1.54) is 11.3 Å². The van der Waals surface area contributed by atoms with E-state index in [4.69, 9.17) is 4.74 Å². The normalized spacial score (nSPS) is 10.4. The Hall–Kier alpha value is -2.73. The van der Waals surface area contributed by atoms with E-state index >= 15 is 0 Å². The number of ether oxygens (including phenoxy) is 1. The first-order valence-corrected chi connectivity index (χ1v) is 8.50. The van der Waals surface area contributed by atoms with Gasteiger partial charge in [-0.1, -0.05) is 12.1 Å². The van der Waals surface area contributed by atoms with Gasteiger partial charge in [0.15, 0.2) is 5.13 Å². The topological polar surface area (TPSA) is 64.1 Å². The molecule has 0 amide bonds. The molecule has 2 heterocycles. The Bertz CT molecular complexity index is 801. The van der Waals surface area contributed by atoms with Crippen LogP contribution in [0.4, 0.5) is 10.8 Å². The molecule has 0 fully saturated rings. The first-order valence-electron chi connectivity index (χ1n) is 7.62. The van der Waals surface area contributed by atoms with Gasteiger partial charge in [-0.3, -0.25) is 9.78 Å². The van der Waals surface area contributed by atoms with Gasteiger partial charge in [0.1, 0.15) is 0 Å². The Labute approximate surface area is 144 Å². The smallest absolute Gasteiger partial charge is 0.310 e. The molecule has 0 saturated carbocycles. The zero-order valence-corrected chi connectivity index (χ0v) is 14.0. The predicted octanol–water partition coefficient (Wildman–Crippen LogP) is 4.05. The van der Waals surface area contributed by atoms with Crippen molar-refractivity contribution in [2.45, 2.75) is 13.3 Å². The summed E-state index contributed by atoms with van der Waals surface area (Å²) < 4.78 is 4.95. The number of carbonyl (C=O) groups excluding carboxylic acids is 1. The average molecular weight is 339 g/mol. The second-order valence-electron chi connectivity index (χ2n) is 5.08.